The standard InChI is InChI=1S/C18H16BrClN2O2S/c19-14-11-12-18(20,17(21)13-14)22(15-7-3-1-4-8-15)25(23,24)16-9-5-2-6-10-16/h1-13,17H,21H2. The van der Waals surface area contributed by atoms with Crippen LogP contribution >= 0.6 is 27.5 Å². The molecule has 25 heavy (non-hydrogen) atoms. The Bertz CT molecular complexity index is 917. The van der Waals surface area contributed by atoms with Gasteiger partial charge in [0.25, 0.3) is 10.0 Å². The number of benzene rings is 2. The first-order valence-electron chi connectivity index (χ1n) is 7.52. The van der Waals surface area contributed by atoms with Gasteiger partial charge >= 0.3 is 0 Å². The van der Waals surface area contributed by atoms with E-state index in [0.717, 1.165) is 4.48 Å². The number of nitrogens with zero attached hydrogens (tertiary/aromatic N) is 1. The minimum atomic E-state index is -3.94. The monoisotopic (exact) mass is 438 g/mol. The van der Waals surface area contributed by atoms with Crippen molar-refractivity contribution in [1.29, 1.82) is 0 Å². The highest BCUT2D eigenvalue weighted by Crippen LogP contribution is 2.39. The summed E-state index contributed by atoms with van der Waals surface area (Å²) >= 11 is 10.1. The van der Waals surface area contributed by atoms with Gasteiger partial charge < -0.3 is 5.73 Å². The number of anilines is 1. The first kappa shape index (κ1) is 18.2. The van der Waals surface area contributed by atoms with Crippen molar-refractivity contribution in [2.75, 3.05) is 4.31 Å². The molecule has 0 saturated carbocycles. The number of rotatable bonds is 4. The molecule has 2 aromatic rings. The van der Waals surface area contributed by atoms with Gasteiger partial charge in [-0.3, -0.25) is 0 Å². The van der Waals surface area contributed by atoms with E-state index in [-0.39, 0.29) is 4.90 Å². The molecule has 0 saturated heterocycles. The molecule has 2 atom stereocenters. The van der Waals surface area contributed by atoms with Crippen LogP contribution in [-0.4, -0.2) is 19.5 Å². The summed E-state index contributed by atoms with van der Waals surface area (Å²) < 4.78 is 28.7. The van der Waals surface area contributed by atoms with Crippen LogP contribution in [0, 0.1) is 0 Å². The van der Waals surface area contributed by atoms with Gasteiger partial charge in [0.05, 0.1) is 16.6 Å². The Kier molecular flexibility index (Phi) is 5.06. The van der Waals surface area contributed by atoms with Crippen LogP contribution in [-0.2, 0) is 10.0 Å². The molecular weight excluding hydrogens is 424 g/mol. The minimum absolute atomic E-state index is 0.146. The van der Waals surface area contributed by atoms with Gasteiger partial charge in [-0.25, -0.2) is 12.7 Å². The van der Waals surface area contributed by atoms with Crippen molar-refractivity contribution >= 4 is 43.2 Å². The van der Waals surface area contributed by atoms with Crippen LogP contribution in [0.1, 0.15) is 0 Å². The highest BCUT2D eigenvalue weighted by Gasteiger charge is 2.46. The Balaban J connectivity index is 2.21. The summed E-state index contributed by atoms with van der Waals surface area (Å²) in [6, 6.07) is 16.1. The maximum atomic E-state index is 13.4. The smallest absolute Gasteiger partial charge is 0.266 e. The number of allylic oxidation sites excluding steroid dienone is 2. The van der Waals surface area contributed by atoms with Crippen LogP contribution in [0.15, 0.2) is 88.3 Å². The summed E-state index contributed by atoms with van der Waals surface area (Å²) in [5, 5.41) is 0. The fraction of sp³-hybridized carbons (Fsp3) is 0.111. The predicted molar refractivity (Wildman–Crippen MR) is 105 cm³/mol. The average Bonchev–Trinajstić information content (AvgIpc) is 2.60. The zero-order chi connectivity index (χ0) is 18.1. The van der Waals surface area contributed by atoms with Crippen LogP contribution in [0.25, 0.3) is 0 Å². The highest BCUT2D eigenvalue weighted by atomic mass is 79.9. The Hall–Kier alpha value is -1.60. The van der Waals surface area contributed by atoms with Gasteiger partial charge in [0.2, 0.25) is 0 Å². The minimum Gasteiger partial charge on any atom is -0.321 e. The number of hydrogen-bond acceptors (Lipinski definition) is 3. The van der Waals surface area contributed by atoms with Crippen molar-refractivity contribution in [2.24, 2.45) is 5.73 Å². The van der Waals surface area contributed by atoms with E-state index >= 15 is 0 Å². The quantitative estimate of drug-likeness (QED) is 0.579. The molecule has 0 aromatic heterocycles. The fourth-order valence-corrected chi connectivity index (χ4v) is 5.21. The number of para-hydroxylation sites is 1. The van der Waals surface area contributed by atoms with Gasteiger partial charge in [0, 0.05) is 4.48 Å². The summed E-state index contributed by atoms with van der Waals surface area (Å²) in [5.41, 5.74) is 6.66. The molecule has 2 aromatic carbocycles. The van der Waals surface area contributed by atoms with Gasteiger partial charge in [-0.05, 0) is 42.5 Å². The number of halogens is 2. The second-order valence-electron chi connectivity index (χ2n) is 5.56. The van der Waals surface area contributed by atoms with Crippen LogP contribution in [0.3, 0.4) is 0 Å². The van der Waals surface area contributed by atoms with Crippen molar-refractivity contribution in [2.45, 2.75) is 15.9 Å². The Morgan fingerprint density at radius 3 is 2.16 bits per heavy atom. The molecule has 1 aliphatic rings. The third-order valence-electron chi connectivity index (χ3n) is 3.87. The molecule has 3 rings (SSSR count). The van der Waals surface area contributed by atoms with Crippen molar-refractivity contribution < 1.29 is 8.42 Å². The first-order chi connectivity index (χ1) is 11.9. The molecule has 0 aliphatic heterocycles. The van der Waals surface area contributed by atoms with Gasteiger partial charge in [-0.2, -0.15) is 0 Å². The van der Waals surface area contributed by atoms with Gasteiger partial charge in [0.1, 0.15) is 0 Å². The maximum absolute atomic E-state index is 13.4. The Morgan fingerprint density at radius 2 is 1.60 bits per heavy atom. The zero-order valence-corrected chi connectivity index (χ0v) is 16.2. The molecule has 4 nitrogen and oxygen atoms in total. The third kappa shape index (κ3) is 3.40. The Morgan fingerprint density at radius 1 is 1.04 bits per heavy atom. The molecule has 1 aliphatic carbocycles. The maximum Gasteiger partial charge on any atom is 0.266 e. The van der Waals surface area contributed by atoms with Gasteiger partial charge in [0.15, 0.2) is 5.00 Å². The lowest BCUT2D eigenvalue weighted by molar-refractivity contribution is 0.562. The van der Waals surface area contributed by atoms with E-state index in [1.54, 1.807) is 60.7 Å². The lowest BCUT2D eigenvalue weighted by Crippen LogP contribution is -2.57. The summed E-state index contributed by atoms with van der Waals surface area (Å²) in [6.45, 7) is 0. The Labute approximate surface area is 160 Å². The van der Waals surface area contributed by atoms with Crippen molar-refractivity contribution in [3.63, 3.8) is 0 Å². The van der Waals surface area contributed by atoms with E-state index in [2.05, 4.69) is 15.9 Å². The van der Waals surface area contributed by atoms with E-state index in [1.165, 1.54) is 16.4 Å². The fourth-order valence-electron chi connectivity index (χ4n) is 2.64. The normalized spacial score (nSPS) is 23.2. The first-order valence-corrected chi connectivity index (χ1v) is 10.1. The largest absolute Gasteiger partial charge is 0.321 e. The van der Waals surface area contributed by atoms with Gasteiger partial charge in [-0.1, -0.05) is 63.9 Å². The molecular formula is C18H16BrClN2O2S. The number of alkyl halides is 1. The van der Waals surface area contributed by atoms with E-state index in [9.17, 15) is 8.42 Å². The predicted octanol–water partition coefficient (Wildman–Crippen LogP) is 3.99. The molecule has 0 spiro atoms. The molecule has 0 fully saturated rings. The summed E-state index contributed by atoms with van der Waals surface area (Å²) in [5.74, 6) is 0. The molecule has 2 N–H and O–H groups in total. The second kappa shape index (κ2) is 6.96. The van der Waals surface area contributed by atoms with Crippen LogP contribution in [0.5, 0.6) is 0 Å². The van der Waals surface area contributed by atoms with Gasteiger partial charge in [-0.15, -0.1) is 0 Å². The SMILES string of the molecule is NC1C=C(Br)C=CC1(Cl)N(c1ccccc1)S(=O)(=O)c1ccccc1. The third-order valence-corrected chi connectivity index (χ3v) is 6.90. The number of sulfonamides is 1. The number of hydrogen-bond donors (Lipinski definition) is 1. The summed E-state index contributed by atoms with van der Waals surface area (Å²) in [4.78, 5) is -1.32. The van der Waals surface area contributed by atoms with Crippen LogP contribution < -0.4 is 10.0 Å². The zero-order valence-electron chi connectivity index (χ0n) is 13.1. The summed E-state index contributed by atoms with van der Waals surface area (Å²) in [6.07, 6.45) is 4.98. The topological polar surface area (TPSA) is 63.4 Å². The molecule has 0 bridgehead atoms. The molecule has 2 unspecified atom stereocenters. The highest BCUT2D eigenvalue weighted by molar-refractivity contribution is 9.11. The molecule has 0 radical (unpaired) electrons. The van der Waals surface area contributed by atoms with Crippen molar-refractivity contribution in [1.82, 2.24) is 0 Å². The van der Waals surface area contributed by atoms with E-state index in [0.29, 0.717) is 5.69 Å². The molecule has 130 valence electrons. The van der Waals surface area contributed by atoms with E-state index in [4.69, 9.17) is 17.3 Å². The lowest BCUT2D eigenvalue weighted by atomic mass is 10.0. The second-order valence-corrected chi connectivity index (χ2v) is 8.86. The van der Waals surface area contributed by atoms with Crippen molar-refractivity contribution in [3.8, 4) is 0 Å². The molecule has 7 heteroatoms. The molecule has 0 heterocycles. The summed E-state index contributed by atoms with van der Waals surface area (Å²) in [7, 11) is -3.94. The van der Waals surface area contributed by atoms with Crippen molar-refractivity contribution in [3.05, 3.63) is 83.4 Å². The van der Waals surface area contributed by atoms with E-state index < -0.39 is 21.1 Å². The number of nitrogens with two attached hydrogens (primary N) is 1. The van der Waals surface area contributed by atoms with Crippen LogP contribution in [0.2, 0.25) is 0 Å². The van der Waals surface area contributed by atoms with E-state index in [1.807, 2.05) is 6.07 Å². The molecule has 0 amide bonds. The average molecular weight is 440 g/mol. The lowest BCUT2D eigenvalue weighted by Gasteiger charge is -2.41. The van der Waals surface area contributed by atoms with Crippen LogP contribution in [0.4, 0.5) is 5.69 Å².